The van der Waals surface area contributed by atoms with Crippen LogP contribution in [0.4, 0.5) is 5.69 Å². The molecule has 0 saturated carbocycles. The fourth-order valence-electron chi connectivity index (χ4n) is 1.77. The number of carbonyl (C=O) groups is 1. The Labute approximate surface area is 107 Å². The highest BCUT2D eigenvalue weighted by atomic mass is 16.4. The van der Waals surface area contributed by atoms with Crippen LogP contribution in [-0.2, 0) is 0 Å². The van der Waals surface area contributed by atoms with Gasteiger partial charge < -0.3 is 10.0 Å². The van der Waals surface area contributed by atoms with Crippen molar-refractivity contribution in [2.75, 3.05) is 18.0 Å². The van der Waals surface area contributed by atoms with Gasteiger partial charge in [0.05, 0.1) is 16.8 Å². The van der Waals surface area contributed by atoms with Crippen molar-refractivity contribution in [3.63, 3.8) is 0 Å². The maximum Gasteiger partial charge on any atom is 0.335 e. The number of hydrogen-bond donors (Lipinski definition) is 1. The Hall–Kier alpha value is -2.28. The zero-order valence-corrected chi connectivity index (χ0v) is 10.4. The topological polar surface area (TPSA) is 64.3 Å². The van der Waals surface area contributed by atoms with E-state index in [4.69, 9.17) is 10.4 Å². The first-order valence-corrected chi connectivity index (χ1v) is 5.77. The lowest BCUT2D eigenvalue weighted by molar-refractivity contribution is 0.0697. The molecular formula is C14H16N2O2. The Morgan fingerprint density at radius 1 is 1.61 bits per heavy atom. The number of benzene rings is 1. The summed E-state index contributed by atoms with van der Waals surface area (Å²) in [6.07, 6.45) is 2.71. The van der Waals surface area contributed by atoms with Crippen LogP contribution in [0.2, 0.25) is 0 Å². The molecule has 18 heavy (non-hydrogen) atoms. The number of anilines is 1. The highest BCUT2D eigenvalue weighted by Gasteiger charge is 2.12. The van der Waals surface area contributed by atoms with Gasteiger partial charge in [-0.2, -0.15) is 5.26 Å². The third-order valence-corrected chi connectivity index (χ3v) is 2.55. The van der Waals surface area contributed by atoms with E-state index in [1.807, 2.05) is 17.9 Å². The maximum atomic E-state index is 10.9. The molecule has 0 spiro atoms. The molecule has 0 fully saturated rings. The van der Waals surface area contributed by atoms with Crippen molar-refractivity contribution in [3.05, 3.63) is 42.0 Å². The smallest absolute Gasteiger partial charge is 0.335 e. The average Bonchev–Trinajstić information content (AvgIpc) is 2.37. The second-order valence-corrected chi connectivity index (χ2v) is 3.88. The molecule has 0 saturated heterocycles. The van der Waals surface area contributed by atoms with Crippen LogP contribution in [0.1, 0.15) is 29.3 Å². The van der Waals surface area contributed by atoms with E-state index in [0.717, 1.165) is 18.7 Å². The number of nitriles is 1. The van der Waals surface area contributed by atoms with Crippen LogP contribution in [0.3, 0.4) is 0 Å². The van der Waals surface area contributed by atoms with Gasteiger partial charge in [0.25, 0.3) is 0 Å². The normalized spacial score (nSPS) is 9.56. The summed E-state index contributed by atoms with van der Waals surface area (Å²) in [6.45, 7) is 7.17. The Balaban J connectivity index is 3.18. The summed E-state index contributed by atoms with van der Waals surface area (Å²) >= 11 is 0. The highest BCUT2D eigenvalue weighted by molar-refractivity contribution is 5.89. The number of hydrogen-bond acceptors (Lipinski definition) is 3. The molecule has 1 N–H and O–H groups in total. The maximum absolute atomic E-state index is 10.9. The molecule has 4 heteroatoms. The van der Waals surface area contributed by atoms with Gasteiger partial charge in [-0.1, -0.05) is 13.0 Å². The van der Waals surface area contributed by atoms with Crippen LogP contribution in [0.5, 0.6) is 0 Å². The minimum atomic E-state index is -1.02. The van der Waals surface area contributed by atoms with E-state index >= 15 is 0 Å². The molecule has 1 aromatic rings. The van der Waals surface area contributed by atoms with Gasteiger partial charge in [0.2, 0.25) is 0 Å². The fraction of sp³-hybridized carbons (Fsp3) is 0.286. The standard InChI is InChI=1S/C14H16N2O2/c1-3-7-16(8-4-2)13-6-5-11(14(17)18)9-12(13)10-15/h3,5-6,9H,1,4,7-8H2,2H3,(H,17,18). The van der Waals surface area contributed by atoms with Crippen LogP contribution in [0.25, 0.3) is 0 Å². The van der Waals surface area contributed by atoms with Crippen molar-refractivity contribution in [1.82, 2.24) is 0 Å². The van der Waals surface area contributed by atoms with Gasteiger partial charge in [0.15, 0.2) is 0 Å². The van der Waals surface area contributed by atoms with Gasteiger partial charge in [0.1, 0.15) is 6.07 Å². The van der Waals surface area contributed by atoms with E-state index in [0.29, 0.717) is 12.1 Å². The minimum absolute atomic E-state index is 0.130. The van der Waals surface area contributed by atoms with E-state index in [9.17, 15) is 4.79 Å². The molecule has 0 aliphatic heterocycles. The Kier molecular flexibility index (Phi) is 4.94. The lowest BCUT2D eigenvalue weighted by Gasteiger charge is -2.23. The predicted octanol–water partition coefficient (Wildman–Crippen LogP) is 2.66. The molecule has 0 aliphatic rings. The zero-order valence-electron chi connectivity index (χ0n) is 10.4. The molecule has 4 nitrogen and oxygen atoms in total. The van der Waals surface area contributed by atoms with E-state index in [2.05, 4.69) is 6.58 Å². The zero-order chi connectivity index (χ0) is 13.5. The van der Waals surface area contributed by atoms with Crippen molar-refractivity contribution in [2.24, 2.45) is 0 Å². The molecule has 0 aromatic heterocycles. The average molecular weight is 244 g/mol. The SMILES string of the molecule is C=CCN(CCC)c1ccc(C(=O)O)cc1C#N. The Morgan fingerprint density at radius 3 is 2.83 bits per heavy atom. The van der Waals surface area contributed by atoms with Crippen molar-refractivity contribution in [3.8, 4) is 6.07 Å². The second-order valence-electron chi connectivity index (χ2n) is 3.88. The first-order valence-electron chi connectivity index (χ1n) is 5.77. The third kappa shape index (κ3) is 3.11. The molecule has 0 radical (unpaired) electrons. The number of rotatable bonds is 6. The van der Waals surface area contributed by atoms with Crippen LogP contribution < -0.4 is 4.90 Å². The summed E-state index contributed by atoms with van der Waals surface area (Å²) in [6, 6.07) is 6.65. The fourth-order valence-corrected chi connectivity index (χ4v) is 1.77. The number of nitrogens with zero attached hydrogens (tertiary/aromatic N) is 2. The van der Waals surface area contributed by atoms with Crippen LogP contribution in [-0.4, -0.2) is 24.2 Å². The number of carboxylic acid groups (broad SMARTS) is 1. The monoisotopic (exact) mass is 244 g/mol. The van der Waals surface area contributed by atoms with Crippen molar-refractivity contribution >= 4 is 11.7 Å². The highest BCUT2D eigenvalue weighted by Crippen LogP contribution is 2.22. The largest absolute Gasteiger partial charge is 0.478 e. The summed E-state index contributed by atoms with van der Waals surface area (Å²) in [5.74, 6) is -1.02. The van der Waals surface area contributed by atoms with Gasteiger partial charge in [-0.25, -0.2) is 4.79 Å². The van der Waals surface area contributed by atoms with Gasteiger partial charge in [-0.3, -0.25) is 0 Å². The summed E-state index contributed by atoms with van der Waals surface area (Å²) in [4.78, 5) is 12.9. The van der Waals surface area contributed by atoms with Gasteiger partial charge >= 0.3 is 5.97 Å². The first-order chi connectivity index (χ1) is 8.63. The molecule has 1 aromatic carbocycles. The van der Waals surface area contributed by atoms with Crippen LogP contribution >= 0.6 is 0 Å². The summed E-state index contributed by atoms with van der Waals surface area (Å²) < 4.78 is 0. The molecule has 0 amide bonds. The molecule has 0 aliphatic carbocycles. The molecule has 94 valence electrons. The molecule has 0 atom stereocenters. The minimum Gasteiger partial charge on any atom is -0.478 e. The lowest BCUT2D eigenvalue weighted by atomic mass is 10.1. The Bertz CT molecular complexity index is 489. The second kappa shape index (κ2) is 6.45. The van der Waals surface area contributed by atoms with Gasteiger partial charge in [0, 0.05) is 13.1 Å². The molecule has 1 rings (SSSR count). The number of aromatic carboxylic acids is 1. The third-order valence-electron chi connectivity index (χ3n) is 2.55. The van der Waals surface area contributed by atoms with Crippen molar-refractivity contribution in [2.45, 2.75) is 13.3 Å². The predicted molar refractivity (Wildman–Crippen MR) is 70.8 cm³/mol. The summed E-state index contributed by atoms with van der Waals surface area (Å²) in [5.41, 5.74) is 1.26. The first kappa shape index (κ1) is 13.8. The lowest BCUT2D eigenvalue weighted by Crippen LogP contribution is -2.25. The van der Waals surface area contributed by atoms with E-state index < -0.39 is 5.97 Å². The van der Waals surface area contributed by atoms with Crippen molar-refractivity contribution in [1.29, 1.82) is 5.26 Å². The van der Waals surface area contributed by atoms with E-state index in [1.54, 1.807) is 12.1 Å². The summed E-state index contributed by atoms with van der Waals surface area (Å²) in [7, 11) is 0. The number of carboxylic acids is 1. The van der Waals surface area contributed by atoms with Gasteiger partial charge in [-0.15, -0.1) is 6.58 Å². The molecule has 0 bridgehead atoms. The van der Waals surface area contributed by atoms with E-state index in [1.165, 1.54) is 12.1 Å². The van der Waals surface area contributed by atoms with Crippen molar-refractivity contribution < 1.29 is 9.90 Å². The Morgan fingerprint density at radius 2 is 2.33 bits per heavy atom. The quantitative estimate of drug-likeness (QED) is 0.781. The molecular weight excluding hydrogens is 228 g/mol. The molecule has 0 unspecified atom stereocenters. The van der Waals surface area contributed by atoms with Crippen LogP contribution in [0, 0.1) is 11.3 Å². The van der Waals surface area contributed by atoms with E-state index in [-0.39, 0.29) is 5.56 Å². The summed E-state index contributed by atoms with van der Waals surface area (Å²) in [5, 5.41) is 18.0. The van der Waals surface area contributed by atoms with Crippen LogP contribution in [0.15, 0.2) is 30.9 Å². The van der Waals surface area contributed by atoms with Gasteiger partial charge in [-0.05, 0) is 24.6 Å². The molecule has 0 heterocycles.